The van der Waals surface area contributed by atoms with Gasteiger partial charge in [-0.3, -0.25) is 14.4 Å². The molecule has 0 aliphatic carbocycles. The van der Waals surface area contributed by atoms with Gasteiger partial charge in [0, 0.05) is 45.3 Å². The van der Waals surface area contributed by atoms with Crippen molar-refractivity contribution >= 4 is 60.9 Å². The first-order valence-corrected chi connectivity index (χ1v) is 14.6. The van der Waals surface area contributed by atoms with Gasteiger partial charge in [0.2, 0.25) is 0 Å². The Morgan fingerprint density at radius 1 is 0.551 bits per heavy atom. The van der Waals surface area contributed by atoms with Crippen LogP contribution in [0.3, 0.4) is 0 Å². The van der Waals surface area contributed by atoms with Crippen LogP contribution < -0.4 is 47.4 Å². The first-order chi connectivity index (χ1) is 22.3. The first kappa shape index (κ1) is 44.7. The molecule has 3 amide bonds. The summed E-state index contributed by atoms with van der Waals surface area (Å²) >= 11 is 0. The number of amides is 3. The molecular weight excluding hydrogens is 703 g/mol. The Kier molecular flexibility index (Phi) is 22.6. The van der Waals surface area contributed by atoms with Crippen molar-refractivity contribution in [3.63, 3.8) is 0 Å². The van der Waals surface area contributed by atoms with E-state index in [1.807, 2.05) is 30.3 Å². The van der Waals surface area contributed by atoms with E-state index in [9.17, 15) is 19.2 Å². The summed E-state index contributed by atoms with van der Waals surface area (Å²) in [5.41, 5.74) is 18.3. The third-order valence-electron chi connectivity index (χ3n) is 6.08. The fraction of sp³-hybridized carbons (Fsp3) is 0.312. The van der Waals surface area contributed by atoms with Gasteiger partial charge in [0.15, 0.2) is 19.8 Å². The number of ether oxygens (including phenoxy) is 4. The summed E-state index contributed by atoms with van der Waals surface area (Å²) in [5.74, 6) is -1.08. The van der Waals surface area contributed by atoms with E-state index in [1.165, 1.54) is 12.1 Å². The van der Waals surface area contributed by atoms with Gasteiger partial charge in [-0.05, 0) is 47.0 Å². The highest BCUT2D eigenvalue weighted by molar-refractivity contribution is 5.92. The summed E-state index contributed by atoms with van der Waals surface area (Å²) in [6.45, 7) is 0.771. The van der Waals surface area contributed by atoms with Gasteiger partial charge in [0.05, 0.1) is 5.56 Å². The van der Waals surface area contributed by atoms with Gasteiger partial charge < -0.3 is 52.1 Å². The minimum absolute atomic E-state index is 0. The van der Waals surface area contributed by atoms with Crippen molar-refractivity contribution in [2.24, 2.45) is 17.2 Å². The number of esters is 1. The number of rotatable bonds is 19. The standard InChI is InChI=1S/C32H40N6O8.3ClH/c33-6-9-36-29(39)19-43-26-13-23(12-25(16-26)32(42)46-18-22-4-2-1-3-5-22)24-14-27(44-20-30(40)37-10-7-34)17-28(15-24)45-21-31(41)38-11-8-35;;;/h1-5,12-17H,6-11,18-21,33-35H2,(H,36,39)(H,37,40)(H,38,41);3*1H. The molecule has 49 heavy (non-hydrogen) atoms. The highest BCUT2D eigenvalue weighted by atomic mass is 35.5. The summed E-state index contributed by atoms with van der Waals surface area (Å²) in [7, 11) is 0. The van der Waals surface area contributed by atoms with Gasteiger partial charge in [0.25, 0.3) is 17.7 Å². The van der Waals surface area contributed by atoms with Gasteiger partial charge in [-0.15, -0.1) is 37.2 Å². The maximum Gasteiger partial charge on any atom is 0.338 e. The van der Waals surface area contributed by atoms with E-state index in [-0.39, 0.29) is 138 Å². The lowest BCUT2D eigenvalue weighted by Crippen LogP contribution is -2.33. The molecular formula is C32H43Cl3N6O8. The molecule has 0 fully saturated rings. The van der Waals surface area contributed by atoms with E-state index in [0.29, 0.717) is 11.1 Å². The van der Waals surface area contributed by atoms with Crippen LogP contribution in [0, 0.1) is 0 Å². The maximum atomic E-state index is 13.2. The lowest BCUT2D eigenvalue weighted by Gasteiger charge is -2.15. The van der Waals surface area contributed by atoms with E-state index >= 15 is 0 Å². The van der Waals surface area contributed by atoms with Crippen LogP contribution in [-0.2, 0) is 25.7 Å². The number of halogens is 3. The SMILES string of the molecule is Cl.Cl.Cl.NCCNC(=O)COc1cc(OCC(=O)NCCN)cc(-c2cc(OCC(=O)NCCN)cc(C(=O)OCc3ccccc3)c2)c1. The third-order valence-corrected chi connectivity index (χ3v) is 6.08. The number of hydrogen-bond donors (Lipinski definition) is 6. The van der Waals surface area contributed by atoms with Crippen molar-refractivity contribution < 1.29 is 38.1 Å². The van der Waals surface area contributed by atoms with Crippen molar-refractivity contribution in [3.8, 4) is 28.4 Å². The maximum absolute atomic E-state index is 13.2. The van der Waals surface area contributed by atoms with Gasteiger partial charge >= 0.3 is 5.97 Å². The number of nitrogens with two attached hydrogens (primary N) is 3. The number of carbonyl (C=O) groups excluding carboxylic acids is 4. The Morgan fingerprint density at radius 3 is 1.39 bits per heavy atom. The third kappa shape index (κ3) is 16.6. The van der Waals surface area contributed by atoms with E-state index in [1.54, 1.807) is 24.3 Å². The Morgan fingerprint density at radius 2 is 0.959 bits per heavy atom. The first-order valence-electron chi connectivity index (χ1n) is 14.6. The molecule has 3 rings (SSSR count). The summed E-state index contributed by atoms with van der Waals surface area (Å²) in [6, 6.07) is 18.6. The Labute approximate surface area is 303 Å². The molecule has 3 aromatic rings. The van der Waals surface area contributed by atoms with Gasteiger partial charge in [-0.1, -0.05) is 30.3 Å². The van der Waals surface area contributed by atoms with Crippen LogP contribution in [0.25, 0.3) is 11.1 Å². The largest absolute Gasteiger partial charge is 0.484 e. The van der Waals surface area contributed by atoms with Crippen molar-refractivity contribution in [2.75, 3.05) is 59.1 Å². The van der Waals surface area contributed by atoms with Crippen LogP contribution >= 0.6 is 37.2 Å². The molecule has 0 unspecified atom stereocenters. The van der Waals surface area contributed by atoms with Crippen LogP contribution in [0.4, 0.5) is 0 Å². The molecule has 3 aromatic carbocycles. The van der Waals surface area contributed by atoms with Gasteiger partial charge in [-0.25, -0.2) is 4.79 Å². The second-order valence-electron chi connectivity index (χ2n) is 9.78. The fourth-order valence-corrected chi connectivity index (χ4v) is 3.91. The number of carbonyl (C=O) groups is 4. The monoisotopic (exact) mass is 744 g/mol. The molecule has 0 saturated heterocycles. The second kappa shape index (κ2) is 24.8. The molecule has 0 aromatic heterocycles. The molecule has 0 bridgehead atoms. The fourth-order valence-electron chi connectivity index (χ4n) is 3.91. The Bertz CT molecular complexity index is 1430. The van der Waals surface area contributed by atoms with Crippen molar-refractivity contribution in [1.82, 2.24) is 16.0 Å². The van der Waals surface area contributed by atoms with Crippen LogP contribution in [0.15, 0.2) is 66.7 Å². The van der Waals surface area contributed by atoms with Crippen LogP contribution in [0.5, 0.6) is 17.2 Å². The quantitative estimate of drug-likeness (QED) is 0.0962. The average Bonchev–Trinajstić information content (AvgIpc) is 3.08. The predicted octanol–water partition coefficient (Wildman–Crippen LogP) is 1.34. The minimum Gasteiger partial charge on any atom is -0.484 e. The zero-order valence-corrected chi connectivity index (χ0v) is 29.1. The molecule has 270 valence electrons. The highest BCUT2D eigenvalue weighted by Gasteiger charge is 2.16. The van der Waals surface area contributed by atoms with Crippen molar-refractivity contribution in [3.05, 3.63) is 77.9 Å². The molecule has 0 heterocycles. The van der Waals surface area contributed by atoms with E-state index in [0.717, 1.165) is 5.56 Å². The van der Waals surface area contributed by atoms with Gasteiger partial charge in [0.1, 0.15) is 23.9 Å². The Balaban J connectivity index is 0.00000768. The van der Waals surface area contributed by atoms with Crippen LogP contribution in [0.1, 0.15) is 15.9 Å². The number of benzene rings is 3. The molecule has 0 spiro atoms. The van der Waals surface area contributed by atoms with Crippen molar-refractivity contribution in [2.45, 2.75) is 6.61 Å². The van der Waals surface area contributed by atoms with Crippen molar-refractivity contribution in [1.29, 1.82) is 0 Å². The summed E-state index contributed by atoms with van der Waals surface area (Å²) in [6.07, 6.45) is 0. The smallest absolute Gasteiger partial charge is 0.338 e. The molecule has 9 N–H and O–H groups in total. The molecule has 0 aliphatic rings. The normalized spacial score (nSPS) is 9.78. The molecule has 17 heteroatoms. The summed E-state index contributed by atoms with van der Waals surface area (Å²) in [5, 5.41) is 7.86. The number of nitrogens with one attached hydrogen (secondary N) is 3. The van der Waals surface area contributed by atoms with E-state index in [4.69, 9.17) is 36.1 Å². The van der Waals surface area contributed by atoms with Gasteiger partial charge in [-0.2, -0.15) is 0 Å². The molecule has 0 atom stereocenters. The molecule has 14 nitrogen and oxygen atoms in total. The number of hydrogen-bond acceptors (Lipinski definition) is 11. The van der Waals surface area contributed by atoms with E-state index < -0.39 is 11.9 Å². The van der Waals surface area contributed by atoms with Crippen LogP contribution in [0.2, 0.25) is 0 Å². The predicted molar refractivity (Wildman–Crippen MR) is 192 cm³/mol. The summed E-state index contributed by atoms with van der Waals surface area (Å²) < 4.78 is 22.7. The lowest BCUT2D eigenvalue weighted by molar-refractivity contribution is -0.123. The average molecular weight is 746 g/mol. The lowest BCUT2D eigenvalue weighted by atomic mass is 10.0. The second-order valence-corrected chi connectivity index (χ2v) is 9.78. The molecule has 0 saturated carbocycles. The molecule has 0 aliphatic heterocycles. The topological polar surface area (TPSA) is 219 Å². The van der Waals surface area contributed by atoms with Crippen LogP contribution in [-0.4, -0.2) is 82.8 Å². The van der Waals surface area contributed by atoms with E-state index in [2.05, 4.69) is 16.0 Å². The zero-order chi connectivity index (χ0) is 33.1. The highest BCUT2D eigenvalue weighted by Crippen LogP contribution is 2.33. The summed E-state index contributed by atoms with van der Waals surface area (Å²) in [4.78, 5) is 49.7. The zero-order valence-electron chi connectivity index (χ0n) is 26.6. The Hall–Kier alpha value is -4.31. The minimum atomic E-state index is -0.625. The molecule has 0 radical (unpaired) electrons.